The van der Waals surface area contributed by atoms with Gasteiger partial charge in [0.1, 0.15) is 11.5 Å². The van der Waals surface area contributed by atoms with Crippen LogP contribution in [0.15, 0.2) is 24.3 Å². The number of rotatable bonds is 4. The summed E-state index contributed by atoms with van der Waals surface area (Å²) in [6, 6.07) is 9.00. The van der Waals surface area contributed by atoms with Crippen molar-refractivity contribution < 1.29 is 9.90 Å². The highest BCUT2D eigenvalue weighted by atomic mass is 35.5. The van der Waals surface area contributed by atoms with Gasteiger partial charge in [-0.15, -0.1) is 0 Å². The van der Waals surface area contributed by atoms with Crippen molar-refractivity contribution in [2.75, 3.05) is 0 Å². The van der Waals surface area contributed by atoms with Gasteiger partial charge in [0.25, 0.3) is 5.91 Å². The van der Waals surface area contributed by atoms with Crippen LogP contribution in [0.3, 0.4) is 0 Å². The quantitative estimate of drug-likeness (QED) is 0.522. The Morgan fingerprint density at radius 2 is 2.00 bits per heavy atom. The zero-order valence-electron chi connectivity index (χ0n) is 18.0. The van der Waals surface area contributed by atoms with Gasteiger partial charge < -0.3 is 15.0 Å². The summed E-state index contributed by atoms with van der Waals surface area (Å²) < 4.78 is 1.91. The average molecular weight is 471 g/mol. The second kappa shape index (κ2) is 8.74. The number of imidazole rings is 1. The molecule has 166 valence electrons. The molecule has 3 aromatic rings. The molecular formula is C24H24Cl2N4O2. The molecule has 0 bridgehead atoms. The SMILES string of the molecule is Cc1cc(C#N)cc2c1nc(Cc1c(Cl)ccc(C(=O)NC3(O)CCCCC3)c1Cl)n2C. The van der Waals surface area contributed by atoms with Gasteiger partial charge in [-0.2, -0.15) is 5.26 Å². The van der Waals surface area contributed by atoms with Crippen LogP contribution in [0.25, 0.3) is 11.0 Å². The second-order valence-electron chi connectivity index (χ2n) is 8.47. The van der Waals surface area contributed by atoms with Gasteiger partial charge in [-0.3, -0.25) is 4.79 Å². The highest BCUT2D eigenvalue weighted by Crippen LogP contribution is 2.33. The molecule has 2 aromatic carbocycles. The highest BCUT2D eigenvalue weighted by molar-refractivity contribution is 6.38. The number of aryl methyl sites for hydroxylation is 2. The van der Waals surface area contributed by atoms with E-state index < -0.39 is 11.6 Å². The Balaban J connectivity index is 1.68. The number of carbonyl (C=O) groups excluding carboxylic acids is 1. The lowest BCUT2D eigenvalue weighted by molar-refractivity contribution is -0.0219. The fraction of sp³-hybridized carbons (Fsp3) is 0.375. The molecule has 0 atom stereocenters. The van der Waals surface area contributed by atoms with Crippen molar-refractivity contribution in [3.63, 3.8) is 0 Å². The number of nitriles is 1. The summed E-state index contributed by atoms with van der Waals surface area (Å²) in [6.07, 6.45) is 4.17. The fourth-order valence-electron chi connectivity index (χ4n) is 4.36. The fourth-order valence-corrected chi connectivity index (χ4v) is 4.95. The summed E-state index contributed by atoms with van der Waals surface area (Å²) in [4.78, 5) is 17.7. The minimum atomic E-state index is -1.20. The lowest BCUT2D eigenvalue weighted by Crippen LogP contribution is -2.49. The number of hydrogen-bond acceptors (Lipinski definition) is 4. The molecule has 32 heavy (non-hydrogen) atoms. The minimum Gasteiger partial charge on any atom is -0.371 e. The first-order valence-electron chi connectivity index (χ1n) is 10.6. The molecule has 1 aromatic heterocycles. The van der Waals surface area contributed by atoms with Crippen LogP contribution in [0.4, 0.5) is 0 Å². The Morgan fingerprint density at radius 3 is 2.69 bits per heavy atom. The van der Waals surface area contributed by atoms with Gasteiger partial charge in [-0.05, 0) is 68.0 Å². The number of carbonyl (C=O) groups is 1. The maximum absolute atomic E-state index is 12.9. The van der Waals surface area contributed by atoms with E-state index in [0.717, 1.165) is 35.9 Å². The molecule has 0 spiro atoms. The molecule has 8 heteroatoms. The lowest BCUT2D eigenvalue weighted by Gasteiger charge is -2.33. The third kappa shape index (κ3) is 4.21. The topological polar surface area (TPSA) is 90.9 Å². The molecule has 2 N–H and O–H groups in total. The molecular weight excluding hydrogens is 447 g/mol. The maximum Gasteiger partial charge on any atom is 0.255 e. The van der Waals surface area contributed by atoms with Crippen molar-refractivity contribution >= 4 is 40.1 Å². The molecule has 1 heterocycles. The highest BCUT2D eigenvalue weighted by Gasteiger charge is 2.32. The zero-order chi connectivity index (χ0) is 23.0. The molecule has 1 amide bonds. The Labute approximate surface area is 196 Å². The van der Waals surface area contributed by atoms with Gasteiger partial charge >= 0.3 is 0 Å². The van der Waals surface area contributed by atoms with E-state index in [0.29, 0.717) is 41.2 Å². The molecule has 0 aliphatic heterocycles. The summed E-state index contributed by atoms with van der Waals surface area (Å²) >= 11 is 13.1. The first kappa shape index (κ1) is 22.6. The number of amides is 1. The Morgan fingerprint density at radius 1 is 1.28 bits per heavy atom. The standard InChI is InChI=1S/C24H24Cl2N4O2/c1-14-10-15(13-27)11-19-22(14)28-20(30(19)2)12-17-18(25)7-6-16(21(17)26)23(31)29-24(32)8-4-3-5-9-24/h6-7,10-11,32H,3-5,8-9,12H2,1-2H3,(H,29,31). The number of benzene rings is 2. The first-order chi connectivity index (χ1) is 15.2. The number of halogens is 2. The Hall–Kier alpha value is -2.59. The molecule has 0 unspecified atom stereocenters. The van der Waals surface area contributed by atoms with Crippen LogP contribution in [0.1, 0.15) is 65.0 Å². The first-order valence-corrected chi connectivity index (χ1v) is 11.4. The van der Waals surface area contributed by atoms with Gasteiger partial charge in [0, 0.05) is 18.5 Å². The predicted octanol–water partition coefficient (Wildman–Crippen LogP) is 5.03. The number of hydrogen-bond donors (Lipinski definition) is 2. The van der Waals surface area contributed by atoms with Crippen LogP contribution >= 0.6 is 23.2 Å². The number of aliphatic hydroxyl groups is 1. The van der Waals surface area contributed by atoms with Crippen molar-refractivity contribution in [3.8, 4) is 6.07 Å². The molecule has 1 aliphatic carbocycles. The number of nitrogens with one attached hydrogen (secondary N) is 1. The summed E-state index contributed by atoms with van der Waals surface area (Å²) in [5.41, 5.74) is 2.79. The van der Waals surface area contributed by atoms with Crippen LogP contribution in [0, 0.1) is 18.3 Å². The van der Waals surface area contributed by atoms with Gasteiger partial charge in [0.15, 0.2) is 0 Å². The van der Waals surface area contributed by atoms with E-state index in [2.05, 4.69) is 11.4 Å². The number of fused-ring (bicyclic) bond motifs is 1. The van der Waals surface area contributed by atoms with E-state index in [-0.39, 0.29) is 10.6 Å². The summed E-state index contributed by atoms with van der Waals surface area (Å²) in [7, 11) is 1.88. The van der Waals surface area contributed by atoms with Gasteiger partial charge in [0.2, 0.25) is 0 Å². The number of nitrogens with zero attached hydrogens (tertiary/aromatic N) is 3. The maximum atomic E-state index is 12.9. The molecule has 4 rings (SSSR count). The Bertz CT molecular complexity index is 1250. The van der Waals surface area contributed by atoms with Crippen LogP contribution in [-0.2, 0) is 13.5 Å². The minimum absolute atomic E-state index is 0.246. The van der Waals surface area contributed by atoms with E-state index in [1.165, 1.54) is 0 Å². The predicted molar refractivity (Wildman–Crippen MR) is 125 cm³/mol. The average Bonchev–Trinajstić information content (AvgIpc) is 3.07. The monoisotopic (exact) mass is 470 g/mol. The molecule has 0 saturated heterocycles. The van der Waals surface area contributed by atoms with Crippen LogP contribution < -0.4 is 5.32 Å². The van der Waals surface area contributed by atoms with Crippen LogP contribution in [0.2, 0.25) is 10.0 Å². The molecule has 6 nitrogen and oxygen atoms in total. The van der Waals surface area contributed by atoms with Crippen LogP contribution in [0.5, 0.6) is 0 Å². The van der Waals surface area contributed by atoms with E-state index >= 15 is 0 Å². The van der Waals surface area contributed by atoms with E-state index in [1.807, 2.05) is 18.5 Å². The molecule has 1 saturated carbocycles. The van der Waals surface area contributed by atoms with Crippen molar-refractivity contribution in [3.05, 3.63) is 62.4 Å². The largest absolute Gasteiger partial charge is 0.371 e. The van der Waals surface area contributed by atoms with E-state index in [1.54, 1.807) is 24.3 Å². The van der Waals surface area contributed by atoms with Crippen LogP contribution in [-0.4, -0.2) is 26.3 Å². The van der Waals surface area contributed by atoms with E-state index in [4.69, 9.17) is 28.2 Å². The zero-order valence-corrected chi connectivity index (χ0v) is 19.5. The molecule has 1 fully saturated rings. The smallest absolute Gasteiger partial charge is 0.255 e. The van der Waals surface area contributed by atoms with Crippen molar-refractivity contribution in [1.29, 1.82) is 5.26 Å². The van der Waals surface area contributed by atoms with E-state index in [9.17, 15) is 15.2 Å². The second-order valence-corrected chi connectivity index (χ2v) is 9.26. The summed E-state index contributed by atoms with van der Waals surface area (Å²) in [5, 5.41) is 23.4. The van der Waals surface area contributed by atoms with Crippen molar-refractivity contribution in [2.45, 2.75) is 51.2 Å². The summed E-state index contributed by atoms with van der Waals surface area (Å²) in [5.74, 6) is 0.294. The third-order valence-corrected chi connectivity index (χ3v) is 6.98. The summed E-state index contributed by atoms with van der Waals surface area (Å²) in [6.45, 7) is 1.92. The Kier molecular flexibility index (Phi) is 6.17. The third-order valence-electron chi connectivity index (χ3n) is 6.19. The number of aromatic nitrogens is 2. The van der Waals surface area contributed by atoms with Gasteiger partial charge in [-0.1, -0.05) is 29.6 Å². The van der Waals surface area contributed by atoms with Gasteiger partial charge in [-0.25, -0.2) is 4.98 Å². The normalized spacial score (nSPS) is 15.5. The van der Waals surface area contributed by atoms with Crippen molar-refractivity contribution in [2.24, 2.45) is 7.05 Å². The van der Waals surface area contributed by atoms with Gasteiger partial charge in [0.05, 0.1) is 33.3 Å². The van der Waals surface area contributed by atoms with Crippen molar-refractivity contribution in [1.82, 2.24) is 14.9 Å². The molecule has 0 radical (unpaired) electrons. The molecule has 1 aliphatic rings. The lowest BCUT2D eigenvalue weighted by atomic mass is 9.91.